The van der Waals surface area contributed by atoms with E-state index in [2.05, 4.69) is 0 Å². The van der Waals surface area contributed by atoms with Crippen molar-refractivity contribution in [3.63, 3.8) is 0 Å². The van der Waals surface area contributed by atoms with Gasteiger partial charge in [-0.1, -0.05) is 0 Å². The lowest BCUT2D eigenvalue weighted by Crippen LogP contribution is -2.82. The first kappa shape index (κ1) is 20.1. The number of likely N-dealkylation sites (N-methyl/N-ethyl adjacent to an activating group) is 1. The van der Waals surface area contributed by atoms with Crippen molar-refractivity contribution in [2.75, 3.05) is 7.05 Å². The van der Waals surface area contributed by atoms with Crippen LogP contribution in [0.15, 0.2) is 0 Å². The van der Waals surface area contributed by atoms with Crippen molar-refractivity contribution < 1.29 is 57.1 Å². The summed E-state index contributed by atoms with van der Waals surface area (Å²) in [5.74, 6) is 0. The molecule has 0 amide bonds. The largest absolute Gasteiger partial charge is 0.396 e. The summed E-state index contributed by atoms with van der Waals surface area (Å²) < 4.78 is 168. The lowest BCUT2D eigenvalue weighted by Gasteiger charge is -2.53. The molecule has 1 aliphatic heterocycles. The predicted molar refractivity (Wildman–Crippen MR) is 45.0 cm³/mol. The highest BCUT2D eigenvalue weighted by Gasteiger charge is 2.88. The highest BCUT2D eigenvalue weighted by atomic mass is 19.4. The molecule has 0 spiro atoms. The first-order valence-electron chi connectivity index (χ1n) is 5.23. The van der Waals surface area contributed by atoms with E-state index in [9.17, 15) is 57.1 Å². The Kier molecular flexibility index (Phi) is 4.16. The van der Waals surface area contributed by atoms with Crippen LogP contribution in [-0.2, 0) is 0 Å². The second-order valence-corrected chi connectivity index (χ2v) is 4.52. The Morgan fingerprint density at radius 2 is 0.957 bits per heavy atom. The van der Waals surface area contributed by atoms with Crippen molar-refractivity contribution in [3.05, 3.63) is 0 Å². The van der Waals surface area contributed by atoms with Crippen molar-refractivity contribution >= 4 is 0 Å². The second kappa shape index (κ2) is 4.77. The van der Waals surface area contributed by atoms with E-state index < -0.39 is 59.7 Å². The molecule has 0 aromatic heterocycles. The molecule has 0 saturated carbocycles. The number of piperazine rings is 1. The van der Waals surface area contributed by atoms with E-state index in [1.165, 1.54) is 0 Å². The Morgan fingerprint density at radius 1 is 0.652 bits per heavy atom. The van der Waals surface area contributed by atoms with E-state index in [1.807, 2.05) is 0 Å². The maximum Gasteiger partial charge on any atom is 0.396 e. The molecule has 0 unspecified atom stereocenters. The smallest absolute Gasteiger partial charge is 0.188 e. The van der Waals surface area contributed by atoms with Crippen LogP contribution in [0.4, 0.5) is 57.1 Å². The van der Waals surface area contributed by atoms with Crippen LogP contribution >= 0.6 is 0 Å². The van der Waals surface area contributed by atoms with Crippen molar-refractivity contribution in [2.45, 2.75) is 42.8 Å². The molecule has 23 heavy (non-hydrogen) atoms. The van der Waals surface area contributed by atoms with Crippen LogP contribution in [0.1, 0.15) is 6.42 Å². The van der Waals surface area contributed by atoms with E-state index in [0.29, 0.717) is 0 Å². The summed E-state index contributed by atoms with van der Waals surface area (Å²) in [6.07, 6.45) is -9.87. The molecule has 1 rings (SSSR count). The lowest BCUT2D eigenvalue weighted by atomic mass is 10.1. The molecule has 1 fully saturated rings. The van der Waals surface area contributed by atoms with Crippen LogP contribution in [0.25, 0.3) is 0 Å². The van der Waals surface area contributed by atoms with Gasteiger partial charge in [0.05, 0.1) is 0 Å². The van der Waals surface area contributed by atoms with Gasteiger partial charge < -0.3 is 0 Å². The fourth-order valence-corrected chi connectivity index (χ4v) is 1.76. The predicted octanol–water partition coefficient (Wildman–Crippen LogP) is 4.15. The minimum atomic E-state index is -6.75. The summed E-state index contributed by atoms with van der Waals surface area (Å²) in [5, 5.41) is 0. The molecule has 138 valence electrons. The Labute approximate surface area is 118 Å². The molecule has 1 saturated heterocycles. The average Bonchev–Trinajstić information content (AvgIpc) is 2.20. The van der Waals surface area contributed by atoms with Gasteiger partial charge in [0.15, 0.2) is 0 Å². The summed E-state index contributed by atoms with van der Waals surface area (Å²) in [6.45, 7) is 0. The molecule has 0 N–H and O–H groups in total. The zero-order valence-electron chi connectivity index (χ0n) is 10.5. The van der Waals surface area contributed by atoms with Gasteiger partial charge in [-0.25, -0.2) is 0 Å². The van der Waals surface area contributed by atoms with E-state index in [-0.39, 0.29) is 0 Å². The fourth-order valence-electron chi connectivity index (χ4n) is 1.76. The molecule has 0 radical (unpaired) electrons. The van der Waals surface area contributed by atoms with E-state index in [0.717, 1.165) is 0 Å². The fraction of sp³-hybridized carbons (Fsp3) is 1.00. The molecular weight excluding hydrogens is 371 g/mol. The number of hydrogen-bond acceptors (Lipinski definition) is 2. The van der Waals surface area contributed by atoms with Crippen LogP contribution in [0.3, 0.4) is 0 Å². The van der Waals surface area contributed by atoms with Crippen molar-refractivity contribution in [1.29, 1.82) is 0 Å². The van der Waals surface area contributed by atoms with Crippen LogP contribution in [-0.4, -0.2) is 53.3 Å². The van der Waals surface area contributed by atoms with E-state index in [4.69, 9.17) is 0 Å². The van der Waals surface area contributed by atoms with Gasteiger partial charge in [0.25, 0.3) is 0 Å². The van der Waals surface area contributed by atoms with Gasteiger partial charge in [-0.2, -0.15) is 62.0 Å². The van der Waals surface area contributed by atoms with Crippen LogP contribution < -0.4 is 0 Å². The Bertz CT molecular complexity index is 439. The third-order valence-electron chi connectivity index (χ3n) is 2.87. The molecule has 0 aliphatic carbocycles. The standard InChI is InChI=1S/C8H5F13N2/c1-22-5(14,15)7(18,19)23(8(20,21)6(22,16)17)4(12,13)2-3(9,10)11/h2H2,1H3. The maximum atomic E-state index is 13.3. The summed E-state index contributed by atoms with van der Waals surface area (Å²) in [7, 11) is -0.624. The monoisotopic (exact) mass is 376 g/mol. The second-order valence-electron chi connectivity index (χ2n) is 4.52. The third kappa shape index (κ3) is 2.70. The first-order chi connectivity index (χ1) is 9.73. The Balaban J connectivity index is 3.59. The molecule has 1 aliphatic rings. The number of halogens is 13. The summed E-state index contributed by atoms with van der Waals surface area (Å²) >= 11 is 0. The molecule has 0 bridgehead atoms. The molecule has 0 atom stereocenters. The van der Waals surface area contributed by atoms with Gasteiger partial charge >= 0.3 is 36.4 Å². The van der Waals surface area contributed by atoms with Crippen molar-refractivity contribution in [3.8, 4) is 0 Å². The highest BCUT2D eigenvalue weighted by Crippen LogP contribution is 2.60. The minimum Gasteiger partial charge on any atom is -0.188 e. The van der Waals surface area contributed by atoms with Crippen LogP contribution in [0.2, 0.25) is 0 Å². The molecule has 1 heterocycles. The van der Waals surface area contributed by atoms with Crippen LogP contribution in [0, 0.1) is 0 Å². The van der Waals surface area contributed by atoms with Crippen molar-refractivity contribution in [1.82, 2.24) is 9.80 Å². The zero-order chi connectivity index (χ0) is 18.9. The summed E-state index contributed by atoms with van der Waals surface area (Å²) in [4.78, 5) is -5.57. The van der Waals surface area contributed by atoms with Gasteiger partial charge in [-0.05, 0) is 7.05 Å². The molecule has 0 aromatic rings. The number of nitrogens with zero attached hydrogens (tertiary/aromatic N) is 2. The Morgan fingerprint density at radius 3 is 1.22 bits per heavy atom. The molecule has 2 nitrogen and oxygen atoms in total. The van der Waals surface area contributed by atoms with Gasteiger partial charge in [0.1, 0.15) is 6.42 Å². The van der Waals surface area contributed by atoms with Gasteiger partial charge in [0, 0.05) is 0 Å². The summed E-state index contributed by atoms with van der Waals surface area (Å²) in [5.41, 5.74) is 0. The zero-order valence-corrected chi connectivity index (χ0v) is 10.5. The third-order valence-corrected chi connectivity index (χ3v) is 2.87. The van der Waals surface area contributed by atoms with Gasteiger partial charge in [-0.3, -0.25) is 0 Å². The molecule has 15 heteroatoms. The van der Waals surface area contributed by atoms with Gasteiger partial charge in [-0.15, -0.1) is 4.90 Å². The van der Waals surface area contributed by atoms with Crippen LogP contribution in [0.5, 0.6) is 0 Å². The SMILES string of the molecule is CN1C(F)(F)C(F)(F)N(C(F)(F)CC(F)(F)F)C(F)(F)C1(F)F. The quantitative estimate of drug-likeness (QED) is 0.528. The van der Waals surface area contributed by atoms with Gasteiger partial charge in [0.2, 0.25) is 0 Å². The first-order valence-corrected chi connectivity index (χ1v) is 5.23. The Hall–Kier alpha value is -0.990. The topological polar surface area (TPSA) is 6.48 Å². The molecular formula is C8H5F13N2. The maximum absolute atomic E-state index is 13.3. The average molecular weight is 376 g/mol. The lowest BCUT2D eigenvalue weighted by molar-refractivity contribution is -0.536. The highest BCUT2D eigenvalue weighted by molar-refractivity contribution is 5.04. The van der Waals surface area contributed by atoms with Crippen molar-refractivity contribution in [2.24, 2.45) is 0 Å². The summed E-state index contributed by atoms with van der Waals surface area (Å²) in [6, 6.07) is -32.6. The number of alkyl halides is 13. The molecule has 0 aromatic carbocycles. The number of hydrogen-bond donors (Lipinski definition) is 0. The normalized spacial score (nSPS) is 27.9. The minimum absolute atomic E-state index is 0.624. The van der Waals surface area contributed by atoms with E-state index >= 15 is 0 Å². The number of rotatable bonds is 2. The van der Waals surface area contributed by atoms with E-state index in [1.54, 1.807) is 0 Å².